The highest BCUT2D eigenvalue weighted by Crippen LogP contribution is 2.28. The molecule has 112 valence electrons. The predicted molar refractivity (Wildman–Crippen MR) is 76.0 cm³/mol. The molecule has 21 heavy (non-hydrogen) atoms. The second kappa shape index (κ2) is 5.53. The highest BCUT2D eigenvalue weighted by molar-refractivity contribution is 7.89. The number of piperidine rings is 1. The van der Waals surface area contributed by atoms with Crippen LogP contribution in [-0.2, 0) is 17.1 Å². The Bertz CT molecular complexity index is 713. The smallest absolute Gasteiger partial charge is 0.244 e. The van der Waals surface area contributed by atoms with Crippen LogP contribution in [0.5, 0.6) is 0 Å². The van der Waals surface area contributed by atoms with Crippen LogP contribution < -0.4 is 0 Å². The van der Waals surface area contributed by atoms with E-state index in [1.807, 2.05) is 11.6 Å². The Labute approximate surface area is 123 Å². The average Bonchev–Trinajstić information content (AvgIpc) is 2.94. The molecule has 8 heteroatoms. The van der Waals surface area contributed by atoms with Gasteiger partial charge in [0.1, 0.15) is 17.0 Å². The van der Waals surface area contributed by atoms with Crippen LogP contribution in [-0.4, -0.2) is 45.6 Å². The fourth-order valence-electron chi connectivity index (χ4n) is 2.68. The van der Waals surface area contributed by atoms with Crippen LogP contribution in [0.3, 0.4) is 0 Å². The van der Waals surface area contributed by atoms with Crippen LogP contribution >= 0.6 is 0 Å². The van der Waals surface area contributed by atoms with E-state index in [0.29, 0.717) is 13.1 Å². The van der Waals surface area contributed by atoms with Gasteiger partial charge < -0.3 is 4.57 Å². The molecular weight excluding hydrogens is 290 g/mol. The molecule has 0 saturated carbocycles. The number of hydrogen-bond acceptors (Lipinski definition) is 5. The number of nitrogens with zero attached hydrogens (tertiary/aromatic N) is 5. The Kier molecular flexibility index (Phi) is 3.73. The second-order valence-corrected chi connectivity index (χ2v) is 7.13. The molecule has 3 rings (SSSR count). The van der Waals surface area contributed by atoms with Crippen molar-refractivity contribution in [3.8, 4) is 0 Å². The topological polar surface area (TPSA) is 81.0 Å². The number of aromatic nitrogens is 4. The molecule has 1 aliphatic heterocycles. The quantitative estimate of drug-likeness (QED) is 0.837. The van der Waals surface area contributed by atoms with Gasteiger partial charge in [-0.3, -0.25) is 4.98 Å². The fourth-order valence-corrected chi connectivity index (χ4v) is 4.17. The SMILES string of the molecule is Cn1cnnc1C1CCCN(S(=O)(=O)c2cccnc2)C1. The van der Waals surface area contributed by atoms with Crippen molar-refractivity contribution in [3.63, 3.8) is 0 Å². The van der Waals surface area contributed by atoms with E-state index in [9.17, 15) is 8.42 Å². The Morgan fingerprint density at radius 1 is 1.38 bits per heavy atom. The summed E-state index contributed by atoms with van der Waals surface area (Å²) in [5.41, 5.74) is 0. The first-order valence-corrected chi connectivity index (χ1v) is 8.27. The molecule has 0 spiro atoms. The van der Waals surface area contributed by atoms with Gasteiger partial charge in [0.2, 0.25) is 10.0 Å². The normalized spacial score (nSPS) is 20.5. The molecule has 0 radical (unpaired) electrons. The van der Waals surface area contributed by atoms with Gasteiger partial charge in [-0.1, -0.05) is 0 Å². The number of pyridine rings is 1. The maximum absolute atomic E-state index is 12.6. The molecule has 2 aromatic rings. The average molecular weight is 307 g/mol. The summed E-state index contributed by atoms with van der Waals surface area (Å²) in [6, 6.07) is 3.21. The standard InChI is InChI=1S/C13H17N5O2S/c1-17-10-15-16-13(17)11-4-3-7-18(9-11)21(19,20)12-5-2-6-14-8-12/h2,5-6,8,10-11H,3-4,7,9H2,1H3. The molecule has 1 aliphatic rings. The van der Waals surface area contributed by atoms with Gasteiger partial charge >= 0.3 is 0 Å². The zero-order chi connectivity index (χ0) is 14.9. The fraction of sp³-hybridized carbons (Fsp3) is 0.462. The lowest BCUT2D eigenvalue weighted by molar-refractivity contribution is 0.306. The lowest BCUT2D eigenvalue weighted by atomic mass is 9.99. The lowest BCUT2D eigenvalue weighted by Gasteiger charge is -2.31. The molecule has 2 aromatic heterocycles. The predicted octanol–water partition coefficient (Wildman–Crippen LogP) is 0.778. The van der Waals surface area contributed by atoms with Crippen LogP contribution in [0.25, 0.3) is 0 Å². The van der Waals surface area contributed by atoms with E-state index in [0.717, 1.165) is 18.7 Å². The first-order valence-electron chi connectivity index (χ1n) is 6.83. The zero-order valence-electron chi connectivity index (χ0n) is 11.8. The minimum atomic E-state index is -3.49. The third-order valence-electron chi connectivity index (χ3n) is 3.77. The van der Waals surface area contributed by atoms with E-state index >= 15 is 0 Å². The van der Waals surface area contributed by atoms with Crippen molar-refractivity contribution >= 4 is 10.0 Å². The number of hydrogen-bond donors (Lipinski definition) is 0. The van der Waals surface area contributed by atoms with Crippen molar-refractivity contribution in [2.24, 2.45) is 7.05 Å². The van der Waals surface area contributed by atoms with Gasteiger partial charge in [-0.25, -0.2) is 8.42 Å². The highest BCUT2D eigenvalue weighted by atomic mass is 32.2. The summed E-state index contributed by atoms with van der Waals surface area (Å²) in [6.07, 6.45) is 6.34. The van der Waals surface area contributed by atoms with Crippen LogP contribution in [0.4, 0.5) is 0 Å². The van der Waals surface area contributed by atoms with E-state index < -0.39 is 10.0 Å². The summed E-state index contributed by atoms with van der Waals surface area (Å²) in [7, 11) is -1.61. The summed E-state index contributed by atoms with van der Waals surface area (Å²) < 4.78 is 28.6. The largest absolute Gasteiger partial charge is 0.320 e. The molecule has 0 aromatic carbocycles. The van der Waals surface area contributed by atoms with E-state index in [-0.39, 0.29) is 10.8 Å². The van der Waals surface area contributed by atoms with E-state index in [1.165, 1.54) is 10.5 Å². The monoisotopic (exact) mass is 307 g/mol. The van der Waals surface area contributed by atoms with E-state index in [1.54, 1.807) is 24.7 Å². The Hall–Kier alpha value is -1.80. The molecule has 1 fully saturated rings. The molecule has 0 N–H and O–H groups in total. The number of aryl methyl sites for hydroxylation is 1. The molecular formula is C13H17N5O2S. The van der Waals surface area contributed by atoms with Crippen molar-refractivity contribution < 1.29 is 8.42 Å². The Morgan fingerprint density at radius 3 is 2.90 bits per heavy atom. The van der Waals surface area contributed by atoms with Crippen LogP contribution in [0.15, 0.2) is 35.7 Å². The summed E-state index contributed by atoms with van der Waals surface area (Å²) >= 11 is 0. The number of rotatable bonds is 3. The Balaban J connectivity index is 1.85. The first kappa shape index (κ1) is 14.2. The van der Waals surface area contributed by atoms with Crippen molar-refractivity contribution in [2.45, 2.75) is 23.7 Å². The maximum Gasteiger partial charge on any atom is 0.244 e. The van der Waals surface area contributed by atoms with Crippen LogP contribution in [0.1, 0.15) is 24.6 Å². The first-order chi connectivity index (χ1) is 10.1. The summed E-state index contributed by atoms with van der Waals surface area (Å²) in [5, 5.41) is 7.99. The maximum atomic E-state index is 12.6. The second-order valence-electron chi connectivity index (χ2n) is 5.19. The van der Waals surface area contributed by atoms with Gasteiger partial charge in [0.25, 0.3) is 0 Å². The van der Waals surface area contributed by atoms with E-state index in [2.05, 4.69) is 15.2 Å². The number of sulfonamides is 1. The van der Waals surface area contributed by atoms with Gasteiger partial charge in [-0.2, -0.15) is 4.31 Å². The van der Waals surface area contributed by atoms with Gasteiger partial charge in [0.05, 0.1) is 0 Å². The van der Waals surface area contributed by atoms with Crippen LogP contribution in [0.2, 0.25) is 0 Å². The van der Waals surface area contributed by atoms with Gasteiger partial charge in [0, 0.05) is 38.4 Å². The zero-order valence-corrected chi connectivity index (χ0v) is 12.6. The Morgan fingerprint density at radius 2 is 2.24 bits per heavy atom. The van der Waals surface area contributed by atoms with Crippen molar-refractivity contribution in [1.29, 1.82) is 0 Å². The summed E-state index contributed by atoms with van der Waals surface area (Å²) in [4.78, 5) is 4.14. The third-order valence-corrected chi connectivity index (χ3v) is 5.62. The van der Waals surface area contributed by atoms with Gasteiger partial charge in [0.15, 0.2) is 0 Å². The molecule has 0 bridgehead atoms. The van der Waals surface area contributed by atoms with Gasteiger partial charge in [-0.05, 0) is 25.0 Å². The molecule has 0 amide bonds. The minimum absolute atomic E-state index is 0.0812. The van der Waals surface area contributed by atoms with Crippen molar-refractivity contribution in [2.75, 3.05) is 13.1 Å². The van der Waals surface area contributed by atoms with E-state index in [4.69, 9.17) is 0 Å². The lowest BCUT2D eigenvalue weighted by Crippen LogP contribution is -2.39. The molecule has 0 aliphatic carbocycles. The molecule has 7 nitrogen and oxygen atoms in total. The van der Waals surface area contributed by atoms with Gasteiger partial charge in [-0.15, -0.1) is 10.2 Å². The molecule has 1 saturated heterocycles. The summed E-state index contributed by atoms with van der Waals surface area (Å²) in [5.74, 6) is 0.916. The summed E-state index contributed by atoms with van der Waals surface area (Å²) in [6.45, 7) is 0.968. The van der Waals surface area contributed by atoms with Crippen molar-refractivity contribution in [3.05, 3.63) is 36.7 Å². The highest BCUT2D eigenvalue weighted by Gasteiger charge is 2.32. The molecule has 3 heterocycles. The van der Waals surface area contributed by atoms with Crippen LogP contribution in [0, 0.1) is 0 Å². The minimum Gasteiger partial charge on any atom is -0.320 e. The van der Waals surface area contributed by atoms with Crippen molar-refractivity contribution in [1.82, 2.24) is 24.1 Å². The third kappa shape index (κ3) is 2.68. The molecule has 1 atom stereocenters. The molecule has 1 unspecified atom stereocenters.